The quantitative estimate of drug-likeness (QED) is 0.804. The summed E-state index contributed by atoms with van der Waals surface area (Å²) in [6.07, 6.45) is 0.919. The van der Waals surface area contributed by atoms with Gasteiger partial charge in [0.1, 0.15) is 0 Å². The van der Waals surface area contributed by atoms with Crippen LogP contribution in [0.3, 0.4) is 0 Å². The van der Waals surface area contributed by atoms with Crippen molar-refractivity contribution < 1.29 is 4.79 Å². The van der Waals surface area contributed by atoms with Crippen LogP contribution in [0.2, 0.25) is 0 Å². The Balaban J connectivity index is 2.69. The fourth-order valence-corrected chi connectivity index (χ4v) is 1.44. The van der Waals surface area contributed by atoms with Gasteiger partial charge in [0.15, 0.2) is 0 Å². The molecular weight excluding hydrogens is 186 g/mol. The van der Waals surface area contributed by atoms with Gasteiger partial charge in [-0.15, -0.1) is 0 Å². The van der Waals surface area contributed by atoms with Gasteiger partial charge in [0, 0.05) is 5.92 Å². The van der Waals surface area contributed by atoms with E-state index < -0.39 is 0 Å². The van der Waals surface area contributed by atoms with Crippen LogP contribution in [0.5, 0.6) is 0 Å². The highest BCUT2D eigenvalue weighted by atomic mass is 16.1. The van der Waals surface area contributed by atoms with E-state index in [0.29, 0.717) is 0 Å². The van der Waals surface area contributed by atoms with E-state index in [1.807, 2.05) is 32.0 Å². The first-order valence-corrected chi connectivity index (χ1v) is 5.50. The predicted molar refractivity (Wildman–Crippen MR) is 62.5 cm³/mol. The van der Waals surface area contributed by atoms with Gasteiger partial charge in [-0.25, -0.2) is 0 Å². The number of nitrogens with one attached hydrogen (secondary N) is 1. The molecule has 0 fully saturated rings. The number of carbonyl (C=O) groups is 1. The number of carbonyl (C=O) groups excluding carboxylic acids is 1. The number of hydrogen-bond acceptors (Lipinski definition) is 1. The minimum Gasteiger partial charge on any atom is -0.349 e. The van der Waals surface area contributed by atoms with Crippen LogP contribution in [-0.4, -0.2) is 5.91 Å². The maximum Gasteiger partial charge on any atom is 0.223 e. The topological polar surface area (TPSA) is 29.1 Å². The molecule has 1 aromatic rings. The van der Waals surface area contributed by atoms with Crippen molar-refractivity contribution in [3.8, 4) is 0 Å². The lowest BCUT2D eigenvalue weighted by molar-refractivity contribution is -0.124. The first-order valence-electron chi connectivity index (χ1n) is 5.50. The Morgan fingerprint density at radius 3 is 2.33 bits per heavy atom. The van der Waals surface area contributed by atoms with E-state index in [0.717, 1.165) is 6.42 Å². The summed E-state index contributed by atoms with van der Waals surface area (Å²) in [4.78, 5) is 11.6. The van der Waals surface area contributed by atoms with E-state index in [1.54, 1.807) is 0 Å². The Morgan fingerprint density at radius 1 is 1.27 bits per heavy atom. The van der Waals surface area contributed by atoms with E-state index in [1.165, 1.54) is 5.56 Å². The third kappa shape index (κ3) is 3.39. The van der Waals surface area contributed by atoms with E-state index in [4.69, 9.17) is 0 Å². The largest absolute Gasteiger partial charge is 0.349 e. The summed E-state index contributed by atoms with van der Waals surface area (Å²) in [5.74, 6) is 0.161. The summed E-state index contributed by atoms with van der Waals surface area (Å²) in [5.41, 5.74) is 1.18. The van der Waals surface area contributed by atoms with Crippen molar-refractivity contribution in [2.24, 2.45) is 5.92 Å². The Hall–Kier alpha value is -1.31. The Morgan fingerprint density at radius 2 is 1.87 bits per heavy atom. The van der Waals surface area contributed by atoms with Gasteiger partial charge in [-0.3, -0.25) is 4.79 Å². The van der Waals surface area contributed by atoms with Crippen molar-refractivity contribution >= 4 is 5.91 Å². The third-order valence-corrected chi connectivity index (χ3v) is 2.45. The summed E-state index contributed by atoms with van der Waals surface area (Å²) in [6, 6.07) is 10.2. The molecule has 1 atom stereocenters. The molecule has 0 radical (unpaired) electrons. The number of rotatable bonds is 4. The zero-order valence-electron chi connectivity index (χ0n) is 9.66. The highest BCUT2D eigenvalue weighted by Crippen LogP contribution is 2.16. The standard InChI is InChI=1S/C13H19NO/c1-4-12(14-13(15)10(2)3)11-8-6-5-7-9-11/h5-10,12H,4H2,1-3H3,(H,14,15)/t12-/m0/s1. The zero-order valence-corrected chi connectivity index (χ0v) is 9.66. The minimum absolute atomic E-state index is 0.0442. The molecule has 0 unspecified atom stereocenters. The smallest absolute Gasteiger partial charge is 0.223 e. The van der Waals surface area contributed by atoms with Crippen molar-refractivity contribution in [2.75, 3.05) is 0 Å². The molecule has 2 heteroatoms. The predicted octanol–water partition coefficient (Wildman–Crippen LogP) is 2.91. The summed E-state index contributed by atoms with van der Waals surface area (Å²) in [7, 11) is 0. The normalized spacial score (nSPS) is 12.5. The zero-order chi connectivity index (χ0) is 11.3. The lowest BCUT2D eigenvalue weighted by Crippen LogP contribution is -2.31. The van der Waals surface area contributed by atoms with E-state index >= 15 is 0 Å². The van der Waals surface area contributed by atoms with Gasteiger partial charge >= 0.3 is 0 Å². The Bertz CT molecular complexity index is 306. The van der Waals surface area contributed by atoms with Gasteiger partial charge in [-0.2, -0.15) is 0 Å². The molecule has 0 saturated carbocycles. The van der Waals surface area contributed by atoms with Crippen LogP contribution >= 0.6 is 0 Å². The second kappa shape index (κ2) is 5.54. The molecule has 0 aliphatic heterocycles. The third-order valence-electron chi connectivity index (χ3n) is 2.45. The van der Waals surface area contributed by atoms with Crippen molar-refractivity contribution in [3.63, 3.8) is 0 Å². The maximum absolute atomic E-state index is 11.6. The first kappa shape index (κ1) is 11.8. The summed E-state index contributed by atoms with van der Waals surface area (Å²) in [5, 5.41) is 3.04. The highest BCUT2D eigenvalue weighted by molar-refractivity contribution is 5.78. The fraction of sp³-hybridized carbons (Fsp3) is 0.462. The Labute approximate surface area is 91.7 Å². The van der Waals surface area contributed by atoms with Crippen LogP contribution in [0, 0.1) is 5.92 Å². The van der Waals surface area contributed by atoms with Crippen molar-refractivity contribution in [2.45, 2.75) is 33.2 Å². The molecule has 0 aromatic heterocycles. The molecule has 82 valence electrons. The van der Waals surface area contributed by atoms with Crippen LogP contribution in [-0.2, 0) is 4.79 Å². The molecule has 0 saturated heterocycles. The molecule has 1 N–H and O–H groups in total. The molecule has 0 bridgehead atoms. The molecule has 15 heavy (non-hydrogen) atoms. The summed E-state index contributed by atoms with van der Waals surface area (Å²) in [6.45, 7) is 5.90. The van der Waals surface area contributed by atoms with E-state index in [2.05, 4.69) is 24.4 Å². The van der Waals surface area contributed by atoms with Gasteiger partial charge < -0.3 is 5.32 Å². The second-order valence-electron chi connectivity index (χ2n) is 4.03. The number of amides is 1. The maximum atomic E-state index is 11.6. The summed E-state index contributed by atoms with van der Waals surface area (Å²) >= 11 is 0. The van der Waals surface area contributed by atoms with Gasteiger partial charge in [0.05, 0.1) is 6.04 Å². The fourth-order valence-electron chi connectivity index (χ4n) is 1.44. The molecule has 1 amide bonds. The van der Waals surface area contributed by atoms with Gasteiger partial charge in [0.2, 0.25) is 5.91 Å². The van der Waals surface area contributed by atoms with Gasteiger partial charge in [-0.05, 0) is 12.0 Å². The van der Waals surface area contributed by atoms with Crippen LogP contribution in [0.4, 0.5) is 0 Å². The molecule has 2 nitrogen and oxygen atoms in total. The van der Waals surface area contributed by atoms with Gasteiger partial charge in [0.25, 0.3) is 0 Å². The highest BCUT2D eigenvalue weighted by Gasteiger charge is 2.14. The number of hydrogen-bond donors (Lipinski definition) is 1. The molecule has 0 aliphatic rings. The minimum atomic E-state index is 0.0442. The van der Waals surface area contributed by atoms with Crippen LogP contribution in [0.15, 0.2) is 30.3 Å². The van der Waals surface area contributed by atoms with E-state index in [-0.39, 0.29) is 17.9 Å². The van der Waals surface area contributed by atoms with E-state index in [9.17, 15) is 4.79 Å². The number of benzene rings is 1. The lowest BCUT2D eigenvalue weighted by Gasteiger charge is -2.18. The molecule has 0 heterocycles. The molecule has 0 aliphatic carbocycles. The molecular formula is C13H19NO. The molecule has 1 rings (SSSR count). The molecule has 1 aromatic carbocycles. The van der Waals surface area contributed by atoms with Gasteiger partial charge in [-0.1, -0.05) is 51.1 Å². The average Bonchev–Trinajstić information content (AvgIpc) is 2.26. The second-order valence-corrected chi connectivity index (χ2v) is 4.03. The van der Waals surface area contributed by atoms with Crippen LogP contribution in [0.25, 0.3) is 0 Å². The van der Waals surface area contributed by atoms with Crippen molar-refractivity contribution in [3.05, 3.63) is 35.9 Å². The average molecular weight is 205 g/mol. The van der Waals surface area contributed by atoms with Crippen LogP contribution < -0.4 is 5.32 Å². The monoisotopic (exact) mass is 205 g/mol. The van der Waals surface area contributed by atoms with Crippen LogP contribution in [0.1, 0.15) is 38.8 Å². The SMILES string of the molecule is CC[C@H](NC(=O)C(C)C)c1ccccc1. The lowest BCUT2D eigenvalue weighted by atomic mass is 10.0. The Kier molecular flexibility index (Phi) is 4.35. The molecule has 0 spiro atoms. The summed E-state index contributed by atoms with van der Waals surface area (Å²) < 4.78 is 0. The van der Waals surface area contributed by atoms with Crippen molar-refractivity contribution in [1.29, 1.82) is 0 Å². The first-order chi connectivity index (χ1) is 7.15. The van der Waals surface area contributed by atoms with Crippen molar-refractivity contribution in [1.82, 2.24) is 5.32 Å².